The lowest BCUT2D eigenvalue weighted by Crippen LogP contribution is -2.29. The standard InChI is InChI=1S/C33H52Si/c1-5-6-7-8-9-18-26-31-30-25-19-20-27-32(33(31)34(2,3)4)29(30)24-17-13-12-16-23-28-21-14-10-11-15-22-28/h10-11,14-15,19-22,25,27-30,32H,5-9,12-13,16-18,23-24,26H2,1-4H3. The highest BCUT2D eigenvalue weighted by Crippen LogP contribution is 2.51. The van der Waals surface area contributed by atoms with Crippen molar-refractivity contribution in [1.29, 1.82) is 0 Å². The lowest BCUT2D eigenvalue weighted by Gasteiger charge is -2.28. The lowest BCUT2D eigenvalue weighted by molar-refractivity contribution is 0.362. The molecule has 0 aromatic rings. The van der Waals surface area contributed by atoms with Crippen LogP contribution in [-0.2, 0) is 0 Å². The van der Waals surface area contributed by atoms with Crippen LogP contribution >= 0.6 is 0 Å². The Labute approximate surface area is 213 Å². The molecule has 3 unspecified atom stereocenters. The molecule has 0 fully saturated rings. The Hall–Kier alpha value is -1.34. The van der Waals surface area contributed by atoms with Crippen molar-refractivity contribution in [1.82, 2.24) is 0 Å². The lowest BCUT2D eigenvalue weighted by atomic mass is 9.82. The van der Waals surface area contributed by atoms with Crippen LogP contribution in [0.25, 0.3) is 0 Å². The molecule has 0 aliphatic heterocycles. The maximum atomic E-state index is 2.60. The highest BCUT2D eigenvalue weighted by molar-refractivity contribution is 6.83. The van der Waals surface area contributed by atoms with Crippen LogP contribution in [0.1, 0.15) is 90.4 Å². The molecule has 2 bridgehead atoms. The third kappa shape index (κ3) is 8.11. The fraction of sp³-hybridized carbons (Fsp3) is 0.636. The molecule has 0 spiro atoms. The Bertz CT molecular complexity index is 766. The summed E-state index contributed by atoms with van der Waals surface area (Å²) in [5, 5.41) is 1.93. The molecule has 0 N–H and O–H groups in total. The van der Waals surface area contributed by atoms with Crippen LogP contribution in [0.15, 0.2) is 71.5 Å². The topological polar surface area (TPSA) is 0 Å². The Balaban J connectivity index is 1.51. The van der Waals surface area contributed by atoms with Crippen LogP contribution < -0.4 is 0 Å². The second-order valence-corrected chi connectivity index (χ2v) is 17.0. The SMILES string of the molecule is CCCCCCCCC1=C([Si](C)(C)C)C2C=CC=CC1C2CCCCCCC1C=CC=CC=C1. The minimum Gasteiger partial charge on any atom is -0.0776 e. The quantitative estimate of drug-likeness (QED) is 0.163. The number of allylic oxidation sites excluding steroid dienone is 12. The van der Waals surface area contributed by atoms with Gasteiger partial charge >= 0.3 is 0 Å². The predicted molar refractivity (Wildman–Crippen MR) is 156 cm³/mol. The van der Waals surface area contributed by atoms with Crippen molar-refractivity contribution >= 4 is 8.07 Å². The van der Waals surface area contributed by atoms with Gasteiger partial charge in [-0.3, -0.25) is 0 Å². The average molecular weight is 477 g/mol. The molecule has 3 atom stereocenters. The molecule has 0 radical (unpaired) electrons. The number of hydrogen-bond donors (Lipinski definition) is 0. The summed E-state index contributed by atoms with van der Waals surface area (Å²) in [6.45, 7) is 10.1. The van der Waals surface area contributed by atoms with Gasteiger partial charge in [0, 0.05) is 5.92 Å². The molecule has 188 valence electrons. The van der Waals surface area contributed by atoms with Crippen molar-refractivity contribution in [3.05, 3.63) is 71.5 Å². The van der Waals surface area contributed by atoms with Crippen LogP contribution in [0.3, 0.4) is 0 Å². The summed E-state index contributed by atoms with van der Waals surface area (Å²) >= 11 is 0. The van der Waals surface area contributed by atoms with Crippen LogP contribution in [0.5, 0.6) is 0 Å². The first-order chi connectivity index (χ1) is 16.5. The summed E-state index contributed by atoms with van der Waals surface area (Å²) in [5.41, 5.74) is 1.88. The van der Waals surface area contributed by atoms with Crippen molar-refractivity contribution in [2.45, 2.75) is 110 Å². The second-order valence-electron chi connectivity index (χ2n) is 12.0. The van der Waals surface area contributed by atoms with Gasteiger partial charge in [-0.05, 0) is 43.4 Å². The minimum atomic E-state index is -1.33. The molecule has 3 aliphatic rings. The zero-order chi connectivity index (χ0) is 24.2. The zero-order valence-electron chi connectivity index (χ0n) is 22.8. The molecule has 0 amide bonds. The van der Waals surface area contributed by atoms with Gasteiger partial charge in [0.05, 0.1) is 8.07 Å². The third-order valence-electron chi connectivity index (χ3n) is 8.23. The monoisotopic (exact) mass is 476 g/mol. The first-order valence-corrected chi connectivity index (χ1v) is 18.1. The number of hydrogen-bond acceptors (Lipinski definition) is 0. The van der Waals surface area contributed by atoms with Gasteiger partial charge in [-0.25, -0.2) is 0 Å². The fourth-order valence-electron chi connectivity index (χ4n) is 6.61. The molecule has 34 heavy (non-hydrogen) atoms. The average Bonchev–Trinajstić information content (AvgIpc) is 2.98. The van der Waals surface area contributed by atoms with Gasteiger partial charge in [-0.1, -0.05) is 156 Å². The Morgan fingerprint density at radius 1 is 0.588 bits per heavy atom. The van der Waals surface area contributed by atoms with Gasteiger partial charge in [0.1, 0.15) is 0 Å². The molecule has 0 heterocycles. The minimum absolute atomic E-state index is 0.635. The Kier molecular flexibility index (Phi) is 11.4. The fourth-order valence-corrected chi connectivity index (χ4v) is 9.17. The van der Waals surface area contributed by atoms with E-state index in [0.717, 1.165) is 11.8 Å². The van der Waals surface area contributed by atoms with E-state index < -0.39 is 8.07 Å². The molecule has 0 aromatic heterocycles. The molecule has 0 aromatic carbocycles. The van der Waals surface area contributed by atoms with Gasteiger partial charge in [-0.15, -0.1) is 0 Å². The molecule has 1 heteroatoms. The van der Waals surface area contributed by atoms with Gasteiger partial charge in [0.15, 0.2) is 0 Å². The summed E-state index contributed by atoms with van der Waals surface area (Å²) in [6.07, 6.45) is 41.4. The van der Waals surface area contributed by atoms with E-state index >= 15 is 0 Å². The van der Waals surface area contributed by atoms with Crippen LogP contribution in [-0.4, -0.2) is 8.07 Å². The maximum Gasteiger partial charge on any atom is 0.0732 e. The molecule has 0 saturated heterocycles. The number of rotatable bonds is 15. The third-order valence-corrected chi connectivity index (χ3v) is 10.5. The molecular formula is C33H52Si. The summed E-state index contributed by atoms with van der Waals surface area (Å²) < 4.78 is 0. The van der Waals surface area contributed by atoms with E-state index in [0.29, 0.717) is 11.8 Å². The molecule has 0 saturated carbocycles. The van der Waals surface area contributed by atoms with E-state index in [1.54, 1.807) is 0 Å². The van der Waals surface area contributed by atoms with E-state index in [1.165, 1.54) is 83.5 Å². The summed E-state index contributed by atoms with van der Waals surface area (Å²) in [4.78, 5) is 0. The van der Waals surface area contributed by atoms with Gasteiger partial charge in [0.2, 0.25) is 0 Å². The first kappa shape index (κ1) is 27.2. The smallest absolute Gasteiger partial charge is 0.0732 e. The van der Waals surface area contributed by atoms with Crippen molar-refractivity contribution in [2.24, 2.45) is 23.7 Å². The van der Waals surface area contributed by atoms with Crippen LogP contribution in [0.4, 0.5) is 0 Å². The van der Waals surface area contributed by atoms with E-state index in [9.17, 15) is 0 Å². The largest absolute Gasteiger partial charge is 0.0776 e. The highest BCUT2D eigenvalue weighted by Gasteiger charge is 2.43. The Morgan fingerprint density at radius 3 is 1.82 bits per heavy atom. The first-order valence-electron chi connectivity index (χ1n) is 14.6. The van der Waals surface area contributed by atoms with Crippen molar-refractivity contribution in [3.63, 3.8) is 0 Å². The molecule has 3 aliphatic carbocycles. The summed E-state index contributed by atoms with van der Waals surface area (Å²) in [7, 11) is -1.33. The molecular weight excluding hydrogens is 424 g/mol. The highest BCUT2D eigenvalue weighted by atomic mass is 28.3. The van der Waals surface area contributed by atoms with Gasteiger partial charge in [-0.2, -0.15) is 0 Å². The molecule has 3 rings (SSSR count). The predicted octanol–water partition coefficient (Wildman–Crippen LogP) is 10.5. The van der Waals surface area contributed by atoms with Gasteiger partial charge in [0.25, 0.3) is 0 Å². The van der Waals surface area contributed by atoms with Gasteiger partial charge < -0.3 is 0 Å². The van der Waals surface area contributed by atoms with Crippen LogP contribution in [0, 0.1) is 23.7 Å². The Morgan fingerprint density at radius 2 is 1.15 bits per heavy atom. The van der Waals surface area contributed by atoms with E-state index in [2.05, 4.69) is 87.3 Å². The second kappa shape index (κ2) is 14.3. The summed E-state index contributed by atoms with van der Waals surface area (Å²) in [5.74, 6) is 2.89. The number of unbranched alkanes of at least 4 members (excludes halogenated alkanes) is 8. The van der Waals surface area contributed by atoms with Crippen molar-refractivity contribution < 1.29 is 0 Å². The molecule has 0 nitrogen and oxygen atoms in total. The van der Waals surface area contributed by atoms with Crippen molar-refractivity contribution in [3.8, 4) is 0 Å². The van der Waals surface area contributed by atoms with Crippen LogP contribution in [0.2, 0.25) is 19.6 Å². The zero-order valence-corrected chi connectivity index (χ0v) is 23.8. The van der Waals surface area contributed by atoms with E-state index in [-0.39, 0.29) is 0 Å². The normalized spacial score (nSPS) is 24.3. The van der Waals surface area contributed by atoms with E-state index in [1.807, 2.05) is 10.8 Å². The summed E-state index contributed by atoms with van der Waals surface area (Å²) in [6, 6.07) is 0. The maximum absolute atomic E-state index is 2.60. The van der Waals surface area contributed by atoms with E-state index in [4.69, 9.17) is 0 Å². The number of fused-ring (bicyclic) bond motifs is 2. The van der Waals surface area contributed by atoms with Crippen molar-refractivity contribution in [2.75, 3.05) is 0 Å².